The van der Waals surface area contributed by atoms with E-state index in [4.69, 9.17) is 4.74 Å². The third-order valence-electron chi connectivity index (χ3n) is 5.00. The van der Waals surface area contributed by atoms with E-state index in [9.17, 15) is 4.79 Å². The first-order valence-electron chi connectivity index (χ1n) is 8.55. The molecule has 2 aliphatic rings. The molecule has 0 radical (unpaired) electrons. The predicted molar refractivity (Wildman–Crippen MR) is 89.8 cm³/mol. The van der Waals surface area contributed by atoms with E-state index in [1.54, 1.807) is 7.11 Å². The third kappa shape index (κ3) is 3.29. The number of carbonyl (C=O) groups is 1. The number of benzene rings is 1. The van der Waals surface area contributed by atoms with E-state index in [1.807, 2.05) is 43.0 Å². The van der Waals surface area contributed by atoms with Crippen molar-refractivity contribution in [2.75, 3.05) is 13.7 Å². The summed E-state index contributed by atoms with van der Waals surface area (Å²) < 4.78 is 5.16. The van der Waals surface area contributed by atoms with Gasteiger partial charge in [-0.15, -0.1) is 0 Å². The molecule has 1 saturated heterocycles. The van der Waals surface area contributed by atoms with Crippen LogP contribution in [0.2, 0.25) is 0 Å². The Hall–Kier alpha value is -1.51. The van der Waals surface area contributed by atoms with Crippen LogP contribution >= 0.6 is 0 Å². The quantitative estimate of drug-likeness (QED) is 0.781. The number of amides is 1. The maximum Gasteiger partial charge on any atom is 0.230 e. The van der Waals surface area contributed by atoms with Crippen LogP contribution in [0.3, 0.4) is 0 Å². The predicted octanol–water partition coefficient (Wildman–Crippen LogP) is 4.26. The van der Waals surface area contributed by atoms with Crippen LogP contribution in [-0.2, 0) is 11.3 Å². The van der Waals surface area contributed by atoms with Crippen LogP contribution < -0.4 is 4.74 Å². The van der Waals surface area contributed by atoms with Crippen LogP contribution in [0, 0.1) is 11.3 Å². The Kier molecular flexibility index (Phi) is 5.49. The number of ether oxygens (including phenoxy) is 1. The molecule has 22 heavy (non-hydrogen) atoms. The Morgan fingerprint density at radius 3 is 2.27 bits per heavy atom. The van der Waals surface area contributed by atoms with E-state index in [2.05, 4.69) is 6.92 Å². The average molecular weight is 303 g/mol. The lowest BCUT2D eigenvalue weighted by Gasteiger charge is -2.52. The van der Waals surface area contributed by atoms with Gasteiger partial charge in [-0.2, -0.15) is 0 Å². The Balaban J connectivity index is 0.000000847. The van der Waals surface area contributed by atoms with Crippen molar-refractivity contribution in [3.63, 3.8) is 0 Å². The molecule has 0 unspecified atom stereocenters. The normalized spacial score (nSPS) is 27.0. The molecule has 3 heteroatoms. The molecule has 3 rings (SSSR count). The van der Waals surface area contributed by atoms with E-state index < -0.39 is 0 Å². The molecule has 1 aliphatic heterocycles. The van der Waals surface area contributed by atoms with Crippen LogP contribution in [0.4, 0.5) is 0 Å². The zero-order valence-corrected chi connectivity index (χ0v) is 14.4. The second kappa shape index (κ2) is 7.17. The highest BCUT2D eigenvalue weighted by Crippen LogP contribution is 2.46. The van der Waals surface area contributed by atoms with Crippen LogP contribution in [0.15, 0.2) is 24.3 Å². The molecular weight excluding hydrogens is 274 g/mol. The highest BCUT2D eigenvalue weighted by Gasteiger charge is 2.52. The molecule has 1 spiro atoms. The second-order valence-corrected chi connectivity index (χ2v) is 6.47. The van der Waals surface area contributed by atoms with Crippen molar-refractivity contribution in [2.45, 2.75) is 53.0 Å². The van der Waals surface area contributed by atoms with Crippen LogP contribution in [-0.4, -0.2) is 24.5 Å². The minimum absolute atomic E-state index is 0.00101. The minimum atomic E-state index is -0.00101. The summed E-state index contributed by atoms with van der Waals surface area (Å²) in [6.07, 6.45) is 4.60. The summed E-state index contributed by atoms with van der Waals surface area (Å²) in [5.74, 6) is 2.03. The Morgan fingerprint density at radius 1 is 1.18 bits per heavy atom. The molecule has 0 N–H and O–H groups in total. The number of hydrogen-bond acceptors (Lipinski definition) is 2. The molecule has 0 atom stereocenters. The highest BCUT2D eigenvalue weighted by molar-refractivity contribution is 5.88. The van der Waals surface area contributed by atoms with Crippen LogP contribution in [0.5, 0.6) is 5.75 Å². The summed E-state index contributed by atoms with van der Waals surface area (Å²) in [5, 5.41) is 0. The summed E-state index contributed by atoms with van der Waals surface area (Å²) in [7, 11) is 1.67. The van der Waals surface area contributed by atoms with E-state index in [0.717, 1.165) is 37.6 Å². The van der Waals surface area contributed by atoms with Crippen molar-refractivity contribution in [3.8, 4) is 5.75 Å². The Labute approximate surface area is 134 Å². The van der Waals surface area contributed by atoms with Crippen LogP contribution in [0.25, 0.3) is 0 Å². The Morgan fingerprint density at radius 2 is 1.77 bits per heavy atom. The van der Waals surface area contributed by atoms with Gasteiger partial charge in [0.15, 0.2) is 0 Å². The molecule has 1 aromatic rings. The Bertz CT molecular complexity index is 487. The lowest BCUT2D eigenvalue weighted by atomic mass is 9.65. The maximum atomic E-state index is 12.5. The molecule has 1 aliphatic carbocycles. The zero-order valence-electron chi connectivity index (χ0n) is 14.4. The summed E-state index contributed by atoms with van der Waals surface area (Å²) in [6, 6.07) is 8.00. The smallest absolute Gasteiger partial charge is 0.230 e. The topological polar surface area (TPSA) is 29.5 Å². The fourth-order valence-corrected chi connectivity index (χ4v) is 3.51. The van der Waals surface area contributed by atoms with Crippen LogP contribution in [0.1, 0.15) is 52.0 Å². The van der Waals surface area contributed by atoms with E-state index >= 15 is 0 Å². The molecule has 122 valence electrons. The molecule has 0 aromatic heterocycles. The monoisotopic (exact) mass is 303 g/mol. The first kappa shape index (κ1) is 16.9. The van der Waals surface area contributed by atoms with Gasteiger partial charge in [0.25, 0.3) is 0 Å². The van der Waals surface area contributed by atoms with Gasteiger partial charge in [0, 0.05) is 13.1 Å². The number of hydrogen-bond donors (Lipinski definition) is 0. The SMILES string of the molecule is CC.COc1ccc(CN2CC3(CCC(C)CC3)C2=O)cc1. The van der Waals surface area contributed by atoms with Crippen molar-refractivity contribution in [3.05, 3.63) is 29.8 Å². The third-order valence-corrected chi connectivity index (χ3v) is 5.00. The molecular formula is C19H29NO2. The number of methoxy groups -OCH3 is 1. The van der Waals surface area contributed by atoms with Crippen molar-refractivity contribution in [1.82, 2.24) is 4.90 Å². The fourth-order valence-electron chi connectivity index (χ4n) is 3.51. The number of carbonyl (C=O) groups excluding carboxylic acids is 1. The van der Waals surface area contributed by atoms with Crippen molar-refractivity contribution in [1.29, 1.82) is 0 Å². The maximum absolute atomic E-state index is 12.5. The minimum Gasteiger partial charge on any atom is -0.497 e. The van der Waals surface area contributed by atoms with E-state index in [-0.39, 0.29) is 5.41 Å². The van der Waals surface area contributed by atoms with E-state index in [1.165, 1.54) is 18.4 Å². The van der Waals surface area contributed by atoms with Crippen molar-refractivity contribution < 1.29 is 9.53 Å². The average Bonchev–Trinajstić information content (AvgIpc) is 2.58. The highest BCUT2D eigenvalue weighted by atomic mass is 16.5. The first-order valence-corrected chi connectivity index (χ1v) is 8.55. The second-order valence-electron chi connectivity index (χ2n) is 6.47. The van der Waals surface area contributed by atoms with Gasteiger partial charge in [0.05, 0.1) is 12.5 Å². The van der Waals surface area contributed by atoms with Crippen molar-refractivity contribution >= 4 is 5.91 Å². The zero-order chi connectivity index (χ0) is 16.2. The molecule has 1 heterocycles. The van der Waals surface area contributed by atoms with E-state index in [0.29, 0.717) is 5.91 Å². The van der Waals surface area contributed by atoms with Crippen molar-refractivity contribution in [2.24, 2.45) is 11.3 Å². The molecule has 2 fully saturated rings. The number of β-lactam (4-membered cyclic amide) rings is 1. The summed E-state index contributed by atoms with van der Waals surface area (Å²) in [4.78, 5) is 14.5. The molecule has 1 amide bonds. The van der Waals surface area contributed by atoms with Gasteiger partial charge in [0.1, 0.15) is 5.75 Å². The first-order chi connectivity index (χ1) is 10.6. The fraction of sp³-hybridized carbons (Fsp3) is 0.632. The number of rotatable bonds is 3. The van der Waals surface area contributed by atoms with Gasteiger partial charge in [-0.1, -0.05) is 32.9 Å². The standard InChI is InChI=1S/C17H23NO2.C2H6/c1-13-7-9-17(10-8-13)12-18(16(17)19)11-14-3-5-15(20-2)6-4-14;1-2/h3-6,13H,7-12H2,1-2H3;1-2H3. The largest absolute Gasteiger partial charge is 0.497 e. The summed E-state index contributed by atoms with van der Waals surface area (Å²) in [6.45, 7) is 7.98. The van der Waals surface area contributed by atoms with Gasteiger partial charge < -0.3 is 9.64 Å². The molecule has 0 bridgehead atoms. The van der Waals surface area contributed by atoms with Gasteiger partial charge in [-0.25, -0.2) is 0 Å². The van der Waals surface area contributed by atoms with Gasteiger partial charge >= 0.3 is 0 Å². The lowest BCUT2D eigenvalue weighted by Crippen LogP contribution is -2.61. The van der Waals surface area contributed by atoms with Gasteiger partial charge in [-0.05, 0) is 49.3 Å². The summed E-state index contributed by atoms with van der Waals surface area (Å²) in [5.41, 5.74) is 1.18. The number of likely N-dealkylation sites (tertiary alicyclic amines) is 1. The van der Waals surface area contributed by atoms with Gasteiger partial charge in [0.2, 0.25) is 5.91 Å². The molecule has 1 saturated carbocycles. The summed E-state index contributed by atoms with van der Waals surface area (Å²) >= 11 is 0. The lowest BCUT2D eigenvalue weighted by molar-refractivity contribution is -0.165. The number of nitrogens with zero attached hydrogens (tertiary/aromatic N) is 1. The molecule has 1 aromatic carbocycles. The van der Waals surface area contributed by atoms with Gasteiger partial charge in [-0.3, -0.25) is 4.79 Å². The molecule has 3 nitrogen and oxygen atoms in total.